The third-order valence-corrected chi connectivity index (χ3v) is 9.21. The van der Waals surface area contributed by atoms with E-state index >= 15 is 0 Å². The number of nitrogens with one attached hydrogen (secondary N) is 1. The van der Waals surface area contributed by atoms with E-state index in [1.165, 1.54) is 0 Å². The zero-order valence-electron chi connectivity index (χ0n) is 22.9. The first-order valence-corrected chi connectivity index (χ1v) is 15.8. The van der Waals surface area contributed by atoms with Crippen molar-refractivity contribution in [3.8, 4) is 11.8 Å². The molecule has 3 heterocycles. The first kappa shape index (κ1) is 29.5. The minimum atomic E-state index is -2.47. The summed E-state index contributed by atoms with van der Waals surface area (Å²) in [6.45, 7) is 5.37. The maximum Gasteiger partial charge on any atom is 0.276 e. The molecule has 2 aliphatic rings. The van der Waals surface area contributed by atoms with Gasteiger partial charge in [0.2, 0.25) is 5.43 Å². The molecule has 0 spiro atoms. The average molecular weight is 600 g/mol. The van der Waals surface area contributed by atoms with Gasteiger partial charge in [-0.05, 0) is 35.4 Å². The molecule has 2 aromatic carbocycles. The van der Waals surface area contributed by atoms with Gasteiger partial charge < -0.3 is 10.1 Å². The monoisotopic (exact) mass is 599 g/mol. The second kappa shape index (κ2) is 12.9. The largest absolute Gasteiger partial charge is 0.379 e. The van der Waals surface area contributed by atoms with E-state index in [1.54, 1.807) is 23.9 Å². The van der Waals surface area contributed by atoms with Gasteiger partial charge in [0.1, 0.15) is 0 Å². The Morgan fingerprint density at radius 1 is 1.07 bits per heavy atom. The van der Waals surface area contributed by atoms with Gasteiger partial charge in [0.25, 0.3) is 5.91 Å². The molecule has 3 aromatic rings. The van der Waals surface area contributed by atoms with Crippen LogP contribution in [0.1, 0.15) is 27.2 Å². The van der Waals surface area contributed by atoms with Gasteiger partial charge in [-0.1, -0.05) is 35.6 Å². The Bertz CT molecular complexity index is 1530. The molecule has 0 aliphatic carbocycles. The first-order chi connectivity index (χ1) is 19.7. The predicted octanol–water partition coefficient (Wildman–Crippen LogP) is 2.77. The molecule has 1 aromatic heterocycles. The van der Waals surface area contributed by atoms with Gasteiger partial charge in [-0.2, -0.15) is 15.7 Å². The van der Waals surface area contributed by atoms with Gasteiger partial charge in [-0.25, -0.2) is 0 Å². The Kier molecular flexibility index (Phi) is 9.31. The van der Waals surface area contributed by atoms with E-state index in [0.717, 1.165) is 24.2 Å². The highest BCUT2D eigenvalue weighted by atomic mass is 35.5. The lowest BCUT2D eigenvalue weighted by Crippen LogP contribution is -2.38. The first-order valence-electron chi connectivity index (χ1n) is 13.5. The molecule has 1 amide bonds. The van der Waals surface area contributed by atoms with Crippen LogP contribution in [0.5, 0.6) is 0 Å². The highest BCUT2D eigenvalue weighted by Crippen LogP contribution is 2.40. The van der Waals surface area contributed by atoms with Gasteiger partial charge >= 0.3 is 0 Å². The zero-order chi connectivity index (χ0) is 29.0. The molecule has 3 N–H and O–H groups in total. The third-order valence-electron chi connectivity index (χ3n) is 7.29. The van der Waals surface area contributed by atoms with Crippen molar-refractivity contribution in [1.29, 1.82) is 0 Å². The molecule has 2 aliphatic heterocycles. The number of aromatic nitrogens is 2. The number of carbonyl (C=O) groups excluding carboxylic acids is 1. The summed E-state index contributed by atoms with van der Waals surface area (Å²) in [6, 6.07) is 10.9. The van der Waals surface area contributed by atoms with E-state index in [1.807, 2.05) is 24.3 Å². The van der Waals surface area contributed by atoms with Crippen LogP contribution in [0.2, 0.25) is 5.02 Å². The van der Waals surface area contributed by atoms with Crippen LogP contribution in [0.4, 0.5) is 0 Å². The summed E-state index contributed by atoms with van der Waals surface area (Å²) in [5, 5.41) is 8.14. The van der Waals surface area contributed by atoms with Crippen LogP contribution in [-0.2, 0) is 24.9 Å². The predicted molar refractivity (Wildman–Crippen MR) is 162 cm³/mol. The van der Waals surface area contributed by atoms with Gasteiger partial charge in [0.05, 0.1) is 47.7 Å². The summed E-state index contributed by atoms with van der Waals surface area (Å²) in [5.74, 6) is 6.60. The number of amides is 1. The molecule has 0 radical (unpaired) electrons. The lowest BCUT2D eigenvalue weighted by Gasteiger charge is -2.40. The van der Waals surface area contributed by atoms with Crippen molar-refractivity contribution >= 4 is 39.0 Å². The molecular weight excluding hydrogens is 566 g/mol. The molecule has 218 valence electrons. The van der Waals surface area contributed by atoms with Crippen LogP contribution in [0, 0.1) is 11.8 Å². The Hall–Kier alpha value is -2.95. The smallest absolute Gasteiger partial charge is 0.276 e. The van der Waals surface area contributed by atoms with Crippen molar-refractivity contribution in [2.45, 2.75) is 13.1 Å². The number of rotatable bonds is 6. The van der Waals surface area contributed by atoms with E-state index in [9.17, 15) is 18.7 Å². The quantitative estimate of drug-likeness (QED) is 0.370. The van der Waals surface area contributed by atoms with E-state index < -0.39 is 21.9 Å². The van der Waals surface area contributed by atoms with Gasteiger partial charge in [-0.3, -0.25) is 33.2 Å². The van der Waals surface area contributed by atoms with Crippen LogP contribution in [0.25, 0.3) is 10.9 Å². The van der Waals surface area contributed by atoms with Crippen molar-refractivity contribution in [2.24, 2.45) is 7.05 Å². The lowest BCUT2D eigenvalue weighted by atomic mass is 10.0. The molecule has 0 atom stereocenters. The van der Waals surface area contributed by atoms with Crippen molar-refractivity contribution in [2.75, 3.05) is 57.4 Å². The minimum absolute atomic E-state index is 0.177. The Morgan fingerprint density at radius 3 is 2.49 bits per heavy atom. The number of hydrogen-bond acceptors (Lipinski definition) is 8. The van der Waals surface area contributed by atoms with Crippen LogP contribution in [0.3, 0.4) is 0 Å². The highest BCUT2D eigenvalue weighted by molar-refractivity contribution is 8.24. The lowest BCUT2D eigenvalue weighted by molar-refractivity contribution is 0.0342. The maximum absolute atomic E-state index is 13.7. The van der Waals surface area contributed by atoms with Crippen molar-refractivity contribution < 1.29 is 18.6 Å². The van der Waals surface area contributed by atoms with Gasteiger partial charge in [0, 0.05) is 51.3 Å². The second-order valence-electron chi connectivity index (χ2n) is 10.3. The van der Waals surface area contributed by atoms with Crippen LogP contribution in [-0.4, -0.2) is 92.0 Å². The van der Waals surface area contributed by atoms with E-state index in [0.29, 0.717) is 72.4 Å². The molecule has 0 bridgehead atoms. The number of morpholine rings is 1. The van der Waals surface area contributed by atoms with Gasteiger partial charge in [-0.15, -0.1) is 0 Å². The fraction of sp³-hybridized carbons (Fsp3) is 0.414. The second-order valence-corrected chi connectivity index (χ2v) is 13.2. The fourth-order valence-electron chi connectivity index (χ4n) is 4.98. The van der Waals surface area contributed by atoms with Gasteiger partial charge in [0.15, 0.2) is 5.69 Å². The number of halogens is 1. The van der Waals surface area contributed by atoms with Crippen LogP contribution >= 0.6 is 22.2 Å². The summed E-state index contributed by atoms with van der Waals surface area (Å²) in [7, 11) is -0.764. The summed E-state index contributed by atoms with van der Waals surface area (Å²) in [4.78, 5) is 31.1. The van der Waals surface area contributed by atoms with E-state index in [-0.39, 0.29) is 12.2 Å². The van der Waals surface area contributed by atoms with Crippen LogP contribution < -0.4 is 10.7 Å². The molecule has 12 heteroatoms. The summed E-state index contributed by atoms with van der Waals surface area (Å²) in [5.41, 5.74) is 2.38. The number of ether oxygens (including phenoxy) is 1. The summed E-state index contributed by atoms with van der Waals surface area (Å²) >= 11 is 5.95. The van der Waals surface area contributed by atoms with Crippen molar-refractivity contribution in [3.05, 3.63) is 74.0 Å². The average Bonchev–Trinajstić information content (AvgIpc) is 2.95. The zero-order valence-corrected chi connectivity index (χ0v) is 24.5. The minimum Gasteiger partial charge on any atom is -0.379 e. The van der Waals surface area contributed by atoms with E-state index in [4.69, 9.17) is 16.3 Å². The Labute approximate surface area is 245 Å². The summed E-state index contributed by atoms with van der Waals surface area (Å²) < 4.78 is 26.8. The number of nitrogens with zero attached hydrogens (tertiary/aromatic N) is 4. The van der Waals surface area contributed by atoms with E-state index in [2.05, 4.69) is 32.1 Å². The number of aryl methyl sites for hydroxylation is 1. The molecule has 2 saturated heterocycles. The highest BCUT2D eigenvalue weighted by Gasteiger charge is 2.22. The topological polar surface area (TPSA) is 120 Å². The third kappa shape index (κ3) is 7.47. The number of benzene rings is 2. The normalized spacial score (nSPS) is 18.4. The molecule has 41 heavy (non-hydrogen) atoms. The number of fused-ring (bicyclic) bond motifs is 1. The molecule has 5 rings (SSSR count). The summed E-state index contributed by atoms with van der Waals surface area (Å²) in [6.07, 6.45) is 0. The maximum atomic E-state index is 13.7. The Balaban J connectivity index is 1.45. The van der Waals surface area contributed by atoms with Crippen LogP contribution in [0.15, 0.2) is 41.2 Å². The molecule has 10 nitrogen and oxygen atoms in total. The molecule has 0 saturated carbocycles. The Morgan fingerprint density at radius 2 is 1.78 bits per heavy atom. The molecule has 2 fully saturated rings. The molecule has 0 unspecified atom stereocenters. The fourth-order valence-corrected chi connectivity index (χ4v) is 6.41. The van der Waals surface area contributed by atoms with Crippen molar-refractivity contribution in [1.82, 2.24) is 24.9 Å². The standard InChI is InChI=1S/C29H34ClN5O5S/c1-33-27-23(3-2-8-34-11-15-41(38,39)16-12-34)17-22(20-35-9-13-40-14-10-35)18-25(27)28(36)26(32-33)29(37)31-19-21-4-6-24(30)7-5-21/h4-7,17-18,38-39H,8-16,19-20H2,1H3,(H,31,37). The molecular formula is C29H34ClN5O5S. The SMILES string of the molecule is Cn1nc(C(=O)NCc2ccc(Cl)cc2)c(=O)c2cc(CN3CCOCC3)cc(C#CCN3CCS(O)(O)CC3)c21. The number of carbonyl (C=O) groups is 1. The van der Waals surface area contributed by atoms with Crippen molar-refractivity contribution in [3.63, 3.8) is 0 Å². The number of hydrogen-bond donors (Lipinski definition) is 3.